The summed E-state index contributed by atoms with van der Waals surface area (Å²) in [5.74, 6) is -0.0341. The topological polar surface area (TPSA) is 41.4 Å². The quantitative estimate of drug-likeness (QED) is 0.769. The van der Waals surface area contributed by atoms with Crippen LogP contribution in [0.4, 0.5) is 4.39 Å². The number of carbonyl (C=O) groups is 1. The first-order valence-electron chi connectivity index (χ1n) is 8.56. The first-order valence-corrected chi connectivity index (χ1v) is 9.50. The lowest BCUT2D eigenvalue weighted by atomic mass is 10.2. The molecule has 1 aromatic carbocycles. The zero-order valence-corrected chi connectivity index (χ0v) is 14.4. The van der Waals surface area contributed by atoms with Crippen molar-refractivity contribution in [2.24, 2.45) is 0 Å². The predicted octanol–water partition coefficient (Wildman–Crippen LogP) is -0.360. The third-order valence-corrected chi connectivity index (χ3v) is 6.42. The molecule has 0 saturated carbocycles. The summed E-state index contributed by atoms with van der Waals surface area (Å²) in [6.45, 7) is 8.33. The third kappa shape index (κ3) is 3.70. The van der Waals surface area contributed by atoms with E-state index in [0.717, 1.165) is 45.7 Å². The van der Waals surface area contributed by atoms with E-state index in [2.05, 4.69) is 5.32 Å². The molecule has 4 nitrogen and oxygen atoms in total. The van der Waals surface area contributed by atoms with E-state index in [1.807, 2.05) is 24.0 Å². The van der Waals surface area contributed by atoms with Gasteiger partial charge in [-0.1, -0.05) is 25.1 Å². The maximum absolute atomic E-state index is 14.2. The molecule has 3 N–H and O–H groups in total. The maximum Gasteiger partial charge on any atom is 0.237 e. The monoisotopic (exact) mass is 339 g/mol. The van der Waals surface area contributed by atoms with E-state index < -0.39 is 0 Å². The highest BCUT2D eigenvalue weighted by atomic mass is 32.2. The summed E-state index contributed by atoms with van der Waals surface area (Å²) < 4.78 is 14.2. The number of rotatable bonds is 5. The smallest absolute Gasteiger partial charge is 0.237 e. The fourth-order valence-corrected chi connectivity index (χ4v) is 4.86. The first kappa shape index (κ1) is 16.7. The van der Waals surface area contributed by atoms with Gasteiger partial charge < -0.3 is 15.1 Å². The van der Waals surface area contributed by atoms with Gasteiger partial charge in [0.1, 0.15) is 37.4 Å². The number of carbonyl (C=O) groups excluding carboxylic acids is 1. The second-order valence-electron chi connectivity index (χ2n) is 6.30. The molecule has 1 amide bonds. The minimum atomic E-state index is -0.209. The molecule has 126 valence electrons. The summed E-state index contributed by atoms with van der Waals surface area (Å²) in [6.07, 6.45) is 0.802. The number of hydrogen-bond acceptors (Lipinski definition) is 2. The molecule has 23 heavy (non-hydrogen) atoms. The number of quaternary nitrogens is 2. The number of nitrogens with one attached hydrogen (secondary N) is 1. The molecule has 2 fully saturated rings. The van der Waals surface area contributed by atoms with Crippen LogP contribution >= 0.6 is 11.8 Å². The second-order valence-corrected chi connectivity index (χ2v) is 7.59. The number of thioether (sulfide) groups is 1. The summed E-state index contributed by atoms with van der Waals surface area (Å²) in [6, 6.07) is 6.86. The van der Waals surface area contributed by atoms with E-state index >= 15 is 0 Å². The van der Waals surface area contributed by atoms with E-state index in [1.165, 1.54) is 6.07 Å². The normalized spacial score (nSPS) is 26.0. The van der Waals surface area contributed by atoms with Gasteiger partial charge >= 0.3 is 0 Å². The average Bonchev–Trinajstić information content (AvgIpc) is 2.90. The van der Waals surface area contributed by atoms with E-state index in [9.17, 15) is 9.18 Å². The van der Waals surface area contributed by atoms with Gasteiger partial charge in [-0.25, -0.2) is 4.39 Å². The van der Waals surface area contributed by atoms with Gasteiger partial charge in [-0.3, -0.25) is 4.79 Å². The summed E-state index contributed by atoms with van der Waals surface area (Å²) in [7, 11) is 0. The highest BCUT2D eigenvalue weighted by Gasteiger charge is 2.41. The molecule has 0 spiro atoms. The van der Waals surface area contributed by atoms with E-state index in [0.29, 0.717) is 5.56 Å². The van der Waals surface area contributed by atoms with Crippen molar-refractivity contribution in [1.29, 1.82) is 0 Å². The minimum Gasteiger partial charge on any atom is -0.337 e. The molecule has 6 heteroatoms. The lowest BCUT2D eigenvalue weighted by Gasteiger charge is -2.28. The van der Waals surface area contributed by atoms with Crippen molar-refractivity contribution in [1.82, 2.24) is 4.90 Å². The minimum absolute atomic E-state index is 0.0377. The first-order chi connectivity index (χ1) is 11.2. The molecule has 3 rings (SSSR count). The molecule has 2 heterocycles. The van der Waals surface area contributed by atoms with Crippen LogP contribution in [0.25, 0.3) is 0 Å². The Balaban J connectivity index is 1.73. The van der Waals surface area contributed by atoms with Crippen molar-refractivity contribution >= 4 is 17.7 Å². The van der Waals surface area contributed by atoms with Crippen LogP contribution in [0.15, 0.2) is 24.3 Å². The lowest BCUT2D eigenvalue weighted by Crippen LogP contribution is -3.20. The van der Waals surface area contributed by atoms with Crippen molar-refractivity contribution in [2.45, 2.75) is 24.0 Å². The fourth-order valence-electron chi connectivity index (χ4n) is 3.41. The largest absolute Gasteiger partial charge is 0.337 e. The van der Waals surface area contributed by atoms with Crippen LogP contribution in [0.3, 0.4) is 0 Å². The van der Waals surface area contributed by atoms with Crippen molar-refractivity contribution in [3.8, 4) is 0 Å². The molecule has 0 aliphatic carbocycles. The van der Waals surface area contributed by atoms with Gasteiger partial charge in [0.05, 0.1) is 18.3 Å². The van der Waals surface area contributed by atoms with Gasteiger partial charge in [0.25, 0.3) is 0 Å². The average molecular weight is 339 g/mol. The van der Waals surface area contributed by atoms with Gasteiger partial charge in [0.15, 0.2) is 0 Å². The van der Waals surface area contributed by atoms with Crippen molar-refractivity contribution < 1.29 is 19.4 Å². The van der Waals surface area contributed by atoms with E-state index in [1.54, 1.807) is 22.7 Å². The Morgan fingerprint density at radius 3 is 2.78 bits per heavy atom. The lowest BCUT2D eigenvalue weighted by molar-refractivity contribution is -0.946. The Morgan fingerprint density at radius 2 is 2.09 bits per heavy atom. The van der Waals surface area contributed by atoms with Crippen LogP contribution in [0.2, 0.25) is 0 Å². The Morgan fingerprint density at radius 1 is 1.35 bits per heavy atom. The van der Waals surface area contributed by atoms with Crippen LogP contribution in [-0.2, 0) is 4.79 Å². The number of amides is 1. The van der Waals surface area contributed by atoms with E-state index in [4.69, 9.17) is 0 Å². The molecule has 2 saturated heterocycles. The molecule has 2 aliphatic heterocycles. The summed E-state index contributed by atoms with van der Waals surface area (Å²) >= 11 is 1.60. The number of nitrogens with two attached hydrogens (primary N) is 1. The predicted molar refractivity (Wildman–Crippen MR) is 89.7 cm³/mol. The second kappa shape index (κ2) is 7.64. The molecule has 0 bridgehead atoms. The standard InChI is InChI=1S/C17H24FN3OS/c1-2-15-16(22)21(12-11-20-9-7-19-8-10-20)17(23-15)13-5-3-4-6-14(13)18/h3-6,15,17,19H,2,7-12H2,1H3/p+2/t15-,17+/m0/s1. The SMILES string of the molecule is CC[C@@H]1S[C@H](c2ccccc2F)N(CC[NH+]2CC[NH2+]CC2)C1=O. The Bertz CT molecular complexity index is 550. The van der Waals surface area contributed by atoms with Crippen LogP contribution in [-0.4, -0.2) is 55.3 Å². The van der Waals surface area contributed by atoms with Gasteiger partial charge in [-0.15, -0.1) is 11.8 Å². The van der Waals surface area contributed by atoms with Gasteiger partial charge in [-0.05, 0) is 12.5 Å². The Hall–Kier alpha value is -1.11. The number of hydrogen-bond donors (Lipinski definition) is 2. The Labute approximate surface area is 141 Å². The fraction of sp³-hybridized carbons (Fsp3) is 0.588. The third-order valence-electron chi connectivity index (χ3n) is 4.79. The molecular weight excluding hydrogens is 313 g/mol. The summed E-state index contributed by atoms with van der Waals surface area (Å²) in [5, 5.41) is 2.13. The van der Waals surface area contributed by atoms with E-state index in [-0.39, 0.29) is 22.3 Å². The molecule has 0 radical (unpaired) electrons. The molecule has 1 aromatic rings. The highest BCUT2D eigenvalue weighted by molar-refractivity contribution is 8.01. The Kier molecular flexibility index (Phi) is 5.56. The number of piperazine rings is 1. The van der Waals surface area contributed by atoms with Crippen molar-refractivity contribution in [3.63, 3.8) is 0 Å². The van der Waals surface area contributed by atoms with Gasteiger partial charge in [0, 0.05) is 5.56 Å². The maximum atomic E-state index is 14.2. The van der Waals surface area contributed by atoms with Gasteiger partial charge in [0.2, 0.25) is 5.91 Å². The zero-order chi connectivity index (χ0) is 16.2. The molecule has 0 unspecified atom stereocenters. The highest BCUT2D eigenvalue weighted by Crippen LogP contribution is 2.44. The zero-order valence-electron chi connectivity index (χ0n) is 13.6. The number of benzene rings is 1. The molecule has 0 aromatic heterocycles. The number of nitrogens with zero attached hydrogens (tertiary/aromatic N) is 1. The van der Waals surface area contributed by atoms with Crippen LogP contribution in [0.1, 0.15) is 24.3 Å². The van der Waals surface area contributed by atoms with Crippen molar-refractivity contribution in [3.05, 3.63) is 35.6 Å². The molecule has 2 aliphatic rings. The van der Waals surface area contributed by atoms with Crippen LogP contribution in [0, 0.1) is 5.82 Å². The molecule has 2 atom stereocenters. The summed E-state index contributed by atoms with van der Waals surface area (Å²) in [5.41, 5.74) is 0.642. The van der Waals surface area contributed by atoms with Crippen LogP contribution < -0.4 is 10.2 Å². The van der Waals surface area contributed by atoms with Crippen molar-refractivity contribution in [2.75, 3.05) is 39.3 Å². The van der Waals surface area contributed by atoms with Crippen LogP contribution in [0.5, 0.6) is 0 Å². The summed E-state index contributed by atoms with van der Waals surface area (Å²) in [4.78, 5) is 16.1. The number of halogens is 1. The molecular formula is C17H26FN3OS+2. The van der Waals surface area contributed by atoms with Gasteiger partial charge in [-0.2, -0.15) is 0 Å².